The Kier molecular flexibility index (Phi) is 4.61. The molecule has 1 aliphatic heterocycles. The summed E-state index contributed by atoms with van der Waals surface area (Å²) in [6.45, 7) is 5.25. The lowest BCUT2D eigenvalue weighted by molar-refractivity contribution is 0.404. The highest BCUT2D eigenvalue weighted by molar-refractivity contribution is 6.30. The zero-order chi connectivity index (χ0) is 14.7. The van der Waals surface area contributed by atoms with Gasteiger partial charge in [0.1, 0.15) is 0 Å². The fourth-order valence-corrected chi connectivity index (χ4v) is 3.47. The molecule has 0 aliphatic carbocycles. The van der Waals surface area contributed by atoms with Crippen LogP contribution in [0.1, 0.15) is 42.7 Å². The van der Waals surface area contributed by atoms with E-state index in [9.17, 15) is 0 Å². The number of aromatic nitrogens is 2. The van der Waals surface area contributed by atoms with Crippen LogP contribution < -0.4 is 5.32 Å². The van der Waals surface area contributed by atoms with Gasteiger partial charge in [-0.25, -0.2) is 0 Å². The van der Waals surface area contributed by atoms with Crippen LogP contribution in [0.2, 0.25) is 5.02 Å². The smallest absolute Gasteiger partial charge is 0.0524 e. The third-order valence-corrected chi connectivity index (χ3v) is 4.53. The van der Waals surface area contributed by atoms with Gasteiger partial charge < -0.3 is 5.32 Å². The zero-order valence-corrected chi connectivity index (χ0v) is 13.2. The van der Waals surface area contributed by atoms with Crippen molar-refractivity contribution in [1.82, 2.24) is 15.1 Å². The number of halogens is 1. The quantitative estimate of drug-likeness (QED) is 0.931. The number of rotatable bonds is 4. The fourth-order valence-electron chi connectivity index (χ4n) is 3.27. The number of nitrogens with zero attached hydrogens (tertiary/aromatic N) is 2. The number of hydrogen-bond donors (Lipinski definition) is 1. The predicted molar refractivity (Wildman–Crippen MR) is 86.9 cm³/mol. The molecule has 0 radical (unpaired) electrons. The standard InChI is InChI=1S/C17H22ClN3/c1-2-8-21-12-14(10-20-21)16-6-7-19-11-17(16)13-4-3-5-15(18)9-13/h3-5,9-10,12,16-17,19H,2,6-8,11H2,1H3. The zero-order valence-electron chi connectivity index (χ0n) is 12.4. The third kappa shape index (κ3) is 3.30. The first-order chi connectivity index (χ1) is 10.3. The van der Waals surface area contributed by atoms with Crippen LogP contribution in [0.15, 0.2) is 36.7 Å². The van der Waals surface area contributed by atoms with Crippen LogP contribution >= 0.6 is 11.6 Å². The van der Waals surface area contributed by atoms with Crippen molar-refractivity contribution in [1.29, 1.82) is 0 Å². The molecule has 1 N–H and O–H groups in total. The molecule has 0 bridgehead atoms. The lowest BCUT2D eigenvalue weighted by Crippen LogP contribution is -2.33. The Balaban J connectivity index is 1.86. The Bertz CT molecular complexity index is 593. The maximum atomic E-state index is 6.17. The monoisotopic (exact) mass is 303 g/mol. The van der Waals surface area contributed by atoms with E-state index in [4.69, 9.17) is 11.6 Å². The first-order valence-corrected chi connectivity index (χ1v) is 8.14. The van der Waals surface area contributed by atoms with Gasteiger partial charge in [0.05, 0.1) is 6.20 Å². The van der Waals surface area contributed by atoms with E-state index < -0.39 is 0 Å². The molecular formula is C17H22ClN3. The molecule has 1 aromatic carbocycles. The molecule has 1 saturated heterocycles. The first kappa shape index (κ1) is 14.6. The van der Waals surface area contributed by atoms with Gasteiger partial charge in [0.25, 0.3) is 0 Å². The van der Waals surface area contributed by atoms with E-state index in [1.165, 1.54) is 11.1 Å². The maximum Gasteiger partial charge on any atom is 0.0524 e. The first-order valence-electron chi connectivity index (χ1n) is 7.76. The van der Waals surface area contributed by atoms with Crippen LogP contribution in [-0.4, -0.2) is 22.9 Å². The van der Waals surface area contributed by atoms with E-state index in [1.807, 2.05) is 18.3 Å². The SMILES string of the molecule is CCCn1cc(C2CCNCC2c2cccc(Cl)c2)cn1. The van der Waals surface area contributed by atoms with Crippen molar-refractivity contribution in [2.75, 3.05) is 13.1 Å². The van der Waals surface area contributed by atoms with Crippen molar-refractivity contribution < 1.29 is 0 Å². The van der Waals surface area contributed by atoms with E-state index in [1.54, 1.807) is 0 Å². The van der Waals surface area contributed by atoms with E-state index >= 15 is 0 Å². The van der Waals surface area contributed by atoms with Gasteiger partial charge in [0.15, 0.2) is 0 Å². The van der Waals surface area contributed by atoms with Crippen LogP contribution in [0.25, 0.3) is 0 Å². The molecule has 0 amide bonds. The molecule has 1 aromatic heterocycles. The molecule has 2 unspecified atom stereocenters. The average molecular weight is 304 g/mol. The Morgan fingerprint density at radius 3 is 3.05 bits per heavy atom. The molecule has 1 aliphatic rings. The van der Waals surface area contributed by atoms with E-state index in [0.29, 0.717) is 11.8 Å². The minimum atomic E-state index is 0.469. The van der Waals surface area contributed by atoms with Gasteiger partial charge in [-0.15, -0.1) is 0 Å². The molecule has 2 aromatic rings. The molecule has 112 valence electrons. The second-order valence-electron chi connectivity index (χ2n) is 5.80. The summed E-state index contributed by atoms with van der Waals surface area (Å²) in [7, 11) is 0. The van der Waals surface area contributed by atoms with Crippen LogP contribution in [0.4, 0.5) is 0 Å². The Morgan fingerprint density at radius 2 is 2.24 bits per heavy atom. The second kappa shape index (κ2) is 6.63. The van der Waals surface area contributed by atoms with Gasteiger partial charge in [0, 0.05) is 30.2 Å². The number of nitrogens with one attached hydrogen (secondary N) is 1. The number of piperidine rings is 1. The Labute approximate surface area is 131 Å². The summed E-state index contributed by atoms with van der Waals surface area (Å²) in [6, 6.07) is 8.27. The molecule has 2 heterocycles. The van der Waals surface area contributed by atoms with Crippen molar-refractivity contribution in [3.8, 4) is 0 Å². The maximum absolute atomic E-state index is 6.17. The summed E-state index contributed by atoms with van der Waals surface area (Å²) in [4.78, 5) is 0. The molecule has 4 heteroatoms. The summed E-state index contributed by atoms with van der Waals surface area (Å²) >= 11 is 6.17. The molecule has 0 spiro atoms. The second-order valence-corrected chi connectivity index (χ2v) is 6.23. The number of benzene rings is 1. The summed E-state index contributed by atoms with van der Waals surface area (Å²) in [6.07, 6.45) is 6.53. The van der Waals surface area contributed by atoms with Crippen molar-refractivity contribution in [2.24, 2.45) is 0 Å². The highest BCUT2D eigenvalue weighted by atomic mass is 35.5. The molecule has 0 saturated carbocycles. The topological polar surface area (TPSA) is 29.9 Å². The summed E-state index contributed by atoms with van der Waals surface area (Å²) in [5.41, 5.74) is 2.68. The van der Waals surface area contributed by atoms with Crippen LogP contribution in [-0.2, 0) is 6.54 Å². The lowest BCUT2D eigenvalue weighted by atomic mass is 9.78. The van der Waals surface area contributed by atoms with Crippen LogP contribution in [0.5, 0.6) is 0 Å². The minimum absolute atomic E-state index is 0.469. The summed E-state index contributed by atoms with van der Waals surface area (Å²) in [5.74, 6) is 0.993. The lowest BCUT2D eigenvalue weighted by Gasteiger charge is -2.32. The summed E-state index contributed by atoms with van der Waals surface area (Å²) in [5, 5.41) is 8.83. The molecule has 21 heavy (non-hydrogen) atoms. The largest absolute Gasteiger partial charge is 0.316 e. The van der Waals surface area contributed by atoms with Crippen LogP contribution in [0, 0.1) is 0 Å². The van der Waals surface area contributed by atoms with Crippen molar-refractivity contribution in [3.63, 3.8) is 0 Å². The number of hydrogen-bond acceptors (Lipinski definition) is 2. The average Bonchev–Trinajstić information content (AvgIpc) is 2.96. The highest BCUT2D eigenvalue weighted by Crippen LogP contribution is 2.37. The predicted octanol–water partition coefficient (Wildman–Crippen LogP) is 3.81. The Morgan fingerprint density at radius 1 is 1.33 bits per heavy atom. The van der Waals surface area contributed by atoms with Gasteiger partial charge >= 0.3 is 0 Å². The normalized spacial score (nSPS) is 22.4. The molecule has 3 nitrogen and oxygen atoms in total. The fraction of sp³-hybridized carbons (Fsp3) is 0.471. The van der Waals surface area contributed by atoms with Crippen LogP contribution in [0.3, 0.4) is 0 Å². The minimum Gasteiger partial charge on any atom is -0.316 e. The van der Waals surface area contributed by atoms with E-state index in [-0.39, 0.29) is 0 Å². The van der Waals surface area contributed by atoms with Gasteiger partial charge in [-0.3, -0.25) is 4.68 Å². The van der Waals surface area contributed by atoms with Crippen molar-refractivity contribution >= 4 is 11.6 Å². The van der Waals surface area contributed by atoms with E-state index in [2.05, 4.69) is 40.4 Å². The van der Waals surface area contributed by atoms with Crippen molar-refractivity contribution in [2.45, 2.75) is 38.1 Å². The molecule has 1 fully saturated rings. The molecule has 3 rings (SSSR count). The van der Waals surface area contributed by atoms with Crippen molar-refractivity contribution in [3.05, 3.63) is 52.8 Å². The van der Waals surface area contributed by atoms with Gasteiger partial charge in [0.2, 0.25) is 0 Å². The van der Waals surface area contributed by atoms with Gasteiger partial charge in [-0.2, -0.15) is 5.10 Å². The Hall–Kier alpha value is -1.32. The summed E-state index contributed by atoms with van der Waals surface area (Å²) < 4.78 is 2.06. The van der Waals surface area contributed by atoms with Gasteiger partial charge in [-0.05, 0) is 48.6 Å². The third-order valence-electron chi connectivity index (χ3n) is 4.29. The highest BCUT2D eigenvalue weighted by Gasteiger charge is 2.28. The molecule has 2 atom stereocenters. The van der Waals surface area contributed by atoms with E-state index in [0.717, 1.165) is 37.5 Å². The van der Waals surface area contributed by atoms with Gasteiger partial charge in [-0.1, -0.05) is 30.7 Å². The number of aryl methyl sites for hydroxylation is 1. The molecular weight excluding hydrogens is 282 g/mol.